The maximum Gasteiger partial charge on any atom is 0.333 e. The van der Waals surface area contributed by atoms with Crippen molar-refractivity contribution >= 4 is 23.9 Å². The Morgan fingerprint density at radius 2 is 1.04 bits per heavy atom. The molecule has 128 valence electrons. The van der Waals surface area contributed by atoms with Gasteiger partial charge in [0.05, 0.1) is 0 Å². The molecule has 0 aliphatic rings. The first kappa shape index (κ1) is 20.4. The monoisotopic (exact) mass is 328 g/mol. The Morgan fingerprint density at radius 1 is 0.652 bits per heavy atom. The number of hydrogen-bond donors (Lipinski definition) is 0. The molecule has 0 bridgehead atoms. The van der Waals surface area contributed by atoms with Gasteiger partial charge in [0, 0.05) is 25.0 Å². The van der Waals surface area contributed by atoms with E-state index in [1.165, 1.54) is 0 Å². The highest BCUT2D eigenvalue weighted by Crippen LogP contribution is 2.05. The maximum atomic E-state index is 11.3. The summed E-state index contributed by atoms with van der Waals surface area (Å²) in [6.45, 7) is 5.49. The van der Waals surface area contributed by atoms with Gasteiger partial charge in [-0.25, -0.2) is 9.59 Å². The predicted molar refractivity (Wildman–Crippen MR) is 77.6 cm³/mol. The standard InChI is InChI=1S/C15H20O8/c1-3-12(16)20-10-22-14(18)8-6-5-7-9-15(19)23-11-21-13(17)4-2/h3-4H,1-2,5-11H2. The molecule has 0 saturated carbocycles. The lowest BCUT2D eigenvalue weighted by atomic mass is 10.1. The third kappa shape index (κ3) is 12.8. The molecule has 0 radical (unpaired) electrons. The van der Waals surface area contributed by atoms with E-state index in [1.54, 1.807) is 0 Å². The summed E-state index contributed by atoms with van der Waals surface area (Å²) >= 11 is 0. The molecule has 0 saturated heterocycles. The fourth-order valence-corrected chi connectivity index (χ4v) is 1.28. The molecule has 0 aromatic carbocycles. The Morgan fingerprint density at radius 3 is 1.39 bits per heavy atom. The topological polar surface area (TPSA) is 105 Å². The molecular formula is C15H20O8. The lowest BCUT2D eigenvalue weighted by molar-refractivity contribution is -0.165. The van der Waals surface area contributed by atoms with Crippen LogP contribution in [-0.2, 0) is 38.1 Å². The largest absolute Gasteiger partial charge is 0.428 e. The van der Waals surface area contributed by atoms with E-state index < -0.39 is 37.5 Å². The van der Waals surface area contributed by atoms with Crippen molar-refractivity contribution in [2.24, 2.45) is 0 Å². The van der Waals surface area contributed by atoms with Gasteiger partial charge < -0.3 is 18.9 Å². The quantitative estimate of drug-likeness (QED) is 0.229. The van der Waals surface area contributed by atoms with E-state index in [4.69, 9.17) is 0 Å². The van der Waals surface area contributed by atoms with Gasteiger partial charge >= 0.3 is 23.9 Å². The molecule has 23 heavy (non-hydrogen) atoms. The second-order valence-corrected chi connectivity index (χ2v) is 4.16. The minimum atomic E-state index is -0.671. The fourth-order valence-electron chi connectivity index (χ4n) is 1.28. The fraction of sp³-hybridized carbons (Fsp3) is 0.467. The van der Waals surface area contributed by atoms with Crippen molar-refractivity contribution < 1.29 is 38.1 Å². The second-order valence-electron chi connectivity index (χ2n) is 4.16. The normalized spacial score (nSPS) is 9.39. The van der Waals surface area contributed by atoms with E-state index in [0.717, 1.165) is 12.2 Å². The molecule has 0 heterocycles. The first-order valence-electron chi connectivity index (χ1n) is 6.89. The van der Waals surface area contributed by atoms with Gasteiger partial charge in [-0.2, -0.15) is 0 Å². The number of carbonyl (C=O) groups is 4. The molecule has 0 amide bonds. The van der Waals surface area contributed by atoms with Crippen LogP contribution in [0.4, 0.5) is 0 Å². The summed E-state index contributed by atoms with van der Waals surface area (Å²) in [6.07, 6.45) is 3.88. The highest BCUT2D eigenvalue weighted by atomic mass is 16.7. The van der Waals surface area contributed by atoms with Gasteiger partial charge in [0.1, 0.15) is 0 Å². The highest BCUT2D eigenvalue weighted by Gasteiger charge is 2.06. The molecular weight excluding hydrogens is 308 g/mol. The van der Waals surface area contributed by atoms with E-state index >= 15 is 0 Å². The third-order valence-electron chi connectivity index (χ3n) is 2.44. The Labute approximate surface area is 134 Å². The zero-order valence-electron chi connectivity index (χ0n) is 12.8. The van der Waals surface area contributed by atoms with Crippen LogP contribution in [0.25, 0.3) is 0 Å². The van der Waals surface area contributed by atoms with Crippen molar-refractivity contribution in [3.63, 3.8) is 0 Å². The second kappa shape index (κ2) is 13.1. The van der Waals surface area contributed by atoms with Crippen molar-refractivity contribution in [2.45, 2.75) is 32.1 Å². The zero-order valence-corrected chi connectivity index (χ0v) is 12.8. The van der Waals surface area contributed by atoms with E-state index in [-0.39, 0.29) is 12.8 Å². The van der Waals surface area contributed by atoms with Crippen LogP contribution in [0.5, 0.6) is 0 Å². The Bertz CT molecular complexity index is 401. The average molecular weight is 328 g/mol. The van der Waals surface area contributed by atoms with E-state index in [9.17, 15) is 19.2 Å². The van der Waals surface area contributed by atoms with Crippen LogP contribution in [0.3, 0.4) is 0 Å². The summed E-state index contributed by atoms with van der Waals surface area (Å²) in [5, 5.41) is 0. The number of ether oxygens (including phenoxy) is 4. The van der Waals surface area contributed by atoms with Crippen LogP contribution < -0.4 is 0 Å². The molecule has 0 spiro atoms. The van der Waals surface area contributed by atoms with Crippen molar-refractivity contribution in [3.05, 3.63) is 25.3 Å². The first-order valence-corrected chi connectivity index (χ1v) is 6.89. The SMILES string of the molecule is C=CC(=O)OCOC(=O)CCCCCC(=O)OCOC(=O)C=C. The van der Waals surface area contributed by atoms with Crippen LogP contribution >= 0.6 is 0 Å². The van der Waals surface area contributed by atoms with Crippen LogP contribution in [0, 0.1) is 0 Å². The molecule has 8 heteroatoms. The predicted octanol–water partition coefficient (Wildman–Crippen LogP) is 1.40. The van der Waals surface area contributed by atoms with Gasteiger partial charge in [0.2, 0.25) is 13.6 Å². The van der Waals surface area contributed by atoms with Gasteiger partial charge in [-0.05, 0) is 12.8 Å². The summed E-state index contributed by atoms with van der Waals surface area (Å²) in [6, 6.07) is 0. The minimum Gasteiger partial charge on any atom is -0.428 e. The summed E-state index contributed by atoms with van der Waals surface area (Å²) < 4.78 is 18.3. The molecule has 0 atom stereocenters. The third-order valence-corrected chi connectivity index (χ3v) is 2.44. The summed E-state index contributed by atoms with van der Waals surface area (Å²) in [5.41, 5.74) is 0. The molecule has 0 aromatic heterocycles. The van der Waals surface area contributed by atoms with E-state index in [1.807, 2.05) is 0 Å². The number of unbranched alkanes of at least 4 members (excludes halogenated alkanes) is 2. The van der Waals surface area contributed by atoms with Gasteiger partial charge in [0.25, 0.3) is 0 Å². The minimum absolute atomic E-state index is 0.150. The summed E-state index contributed by atoms with van der Waals surface area (Å²) in [4.78, 5) is 43.9. The lowest BCUT2D eigenvalue weighted by Gasteiger charge is -2.05. The van der Waals surface area contributed by atoms with E-state index in [2.05, 4.69) is 32.1 Å². The molecule has 0 fully saturated rings. The van der Waals surface area contributed by atoms with E-state index in [0.29, 0.717) is 19.3 Å². The average Bonchev–Trinajstić information content (AvgIpc) is 2.54. The summed E-state index contributed by atoms with van der Waals surface area (Å²) in [5.74, 6) is -2.34. The summed E-state index contributed by atoms with van der Waals surface area (Å²) in [7, 11) is 0. The molecule has 0 aliphatic heterocycles. The van der Waals surface area contributed by atoms with Crippen LogP contribution in [0.2, 0.25) is 0 Å². The van der Waals surface area contributed by atoms with Crippen LogP contribution in [0.15, 0.2) is 25.3 Å². The molecule has 0 rings (SSSR count). The molecule has 0 aliphatic carbocycles. The number of esters is 4. The molecule has 0 aromatic rings. The van der Waals surface area contributed by atoms with Gasteiger partial charge in [-0.3, -0.25) is 9.59 Å². The van der Waals surface area contributed by atoms with Gasteiger partial charge in [-0.1, -0.05) is 19.6 Å². The Kier molecular flexibility index (Phi) is 11.6. The lowest BCUT2D eigenvalue weighted by Crippen LogP contribution is -2.11. The Balaban J connectivity index is 3.50. The smallest absolute Gasteiger partial charge is 0.333 e. The Hall–Kier alpha value is -2.64. The molecule has 0 unspecified atom stereocenters. The van der Waals surface area contributed by atoms with Gasteiger partial charge in [0.15, 0.2) is 0 Å². The van der Waals surface area contributed by atoms with Crippen LogP contribution in [-0.4, -0.2) is 37.5 Å². The van der Waals surface area contributed by atoms with Crippen molar-refractivity contribution in [3.8, 4) is 0 Å². The number of carbonyl (C=O) groups excluding carboxylic acids is 4. The number of rotatable bonds is 12. The van der Waals surface area contributed by atoms with Crippen molar-refractivity contribution in [1.29, 1.82) is 0 Å². The van der Waals surface area contributed by atoms with Gasteiger partial charge in [-0.15, -0.1) is 0 Å². The zero-order chi connectivity index (χ0) is 17.5. The molecule has 8 nitrogen and oxygen atoms in total. The first-order chi connectivity index (χ1) is 11.0. The number of hydrogen-bond acceptors (Lipinski definition) is 8. The maximum absolute atomic E-state index is 11.3. The molecule has 0 N–H and O–H groups in total. The highest BCUT2D eigenvalue weighted by molar-refractivity contribution is 5.81. The van der Waals surface area contributed by atoms with Crippen molar-refractivity contribution in [2.75, 3.05) is 13.6 Å². The van der Waals surface area contributed by atoms with Crippen molar-refractivity contribution in [1.82, 2.24) is 0 Å². The van der Waals surface area contributed by atoms with Crippen LogP contribution in [0.1, 0.15) is 32.1 Å².